The first-order valence-electron chi connectivity index (χ1n) is 6.66. The summed E-state index contributed by atoms with van der Waals surface area (Å²) in [5.41, 5.74) is -0.681. The number of benzene rings is 1. The van der Waals surface area contributed by atoms with Crippen LogP contribution in [0.1, 0.15) is 32.8 Å². The van der Waals surface area contributed by atoms with Crippen molar-refractivity contribution in [3.05, 3.63) is 34.3 Å². The minimum Gasteiger partial charge on any atom is -0.444 e. The van der Waals surface area contributed by atoms with Crippen LogP contribution in [0.4, 0.5) is 4.79 Å². The van der Waals surface area contributed by atoms with Crippen LogP contribution in [0.25, 0.3) is 0 Å². The second kappa shape index (κ2) is 5.37. The molecule has 1 heterocycles. The number of carbonyl (C=O) groups is 1. The Hall–Kier alpha value is -1.07. The number of ether oxygens (including phenoxy) is 1. The third kappa shape index (κ3) is 3.52. The van der Waals surface area contributed by atoms with Crippen LogP contribution in [0, 0.1) is 0 Å². The van der Waals surface area contributed by atoms with E-state index in [9.17, 15) is 9.90 Å². The van der Waals surface area contributed by atoms with Crippen molar-refractivity contribution in [2.24, 2.45) is 0 Å². The van der Waals surface area contributed by atoms with Crippen molar-refractivity contribution in [3.63, 3.8) is 0 Å². The molecule has 1 atom stereocenters. The molecule has 1 aliphatic heterocycles. The summed E-state index contributed by atoms with van der Waals surface area (Å²) < 4.78 is 6.30. The van der Waals surface area contributed by atoms with E-state index >= 15 is 0 Å². The fourth-order valence-electron chi connectivity index (χ4n) is 2.27. The number of β-amino-alcohol motifs (C(OH)–C–C–N with tert-alkyl or cyclic N) is 1. The highest BCUT2D eigenvalue weighted by Gasteiger charge is 2.40. The summed E-state index contributed by atoms with van der Waals surface area (Å²) in [5.74, 6) is 0. The van der Waals surface area contributed by atoms with E-state index in [-0.39, 0.29) is 12.6 Å². The number of rotatable bonds is 1. The van der Waals surface area contributed by atoms with Crippen molar-refractivity contribution < 1.29 is 14.6 Å². The molecule has 1 fully saturated rings. The highest BCUT2D eigenvalue weighted by Crippen LogP contribution is 2.33. The molecule has 110 valence electrons. The highest BCUT2D eigenvalue weighted by atomic mass is 79.9. The van der Waals surface area contributed by atoms with Crippen LogP contribution < -0.4 is 0 Å². The average molecular weight is 342 g/mol. The van der Waals surface area contributed by atoms with Crippen LogP contribution >= 0.6 is 15.9 Å². The maximum Gasteiger partial charge on any atom is 0.410 e. The molecule has 5 heteroatoms. The summed E-state index contributed by atoms with van der Waals surface area (Å²) in [5, 5.41) is 10.7. The predicted molar refractivity (Wildman–Crippen MR) is 80.5 cm³/mol. The SMILES string of the molecule is CC(C)(C)OC(=O)N1CCC(O)(c2ccc(Br)cc2)C1. The van der Waals surface area contributed by atoms with Crippen molar-refractivity contribution in [2.75, 3.05) is 13.1 Å². The molecule has 0 aromatic heterocycles. The van der Waals surface area contributed by atoms with Gasteiger partial charge in [0, 0.05) is 11.0 Å². The fraction of sp³-hybridized carbons (Fsp3) is 0.533. The Kier molecular flexibility index (Phi) is 4.12. The van der Waals surface area contributed by atoms with Gasteiger partial charge in [0.25, 0.3) is 0 Å². The summed E-state index contributed by atoms with van der Waals surface area (Å²) in [7, 11) is 0. The highest BCUT2D eigenvalue weighted by molar-refractivity contribution is 9.10. The zero-order chi connectivity index (χ0) is 15.0. The quantitative estimate of drug-likeness (QED) is 0.852. The van der Waals surface area contributed by atoms with Gasteiger partial charge in [-0.25, -0.2) is 4.79 Å². The van der Waals surface area contributed by atoms with Gasteiger partial charge in [-0.2, -0.15) is 0 Å². The molecule has 1 aromatic carbocycles. The molecule has 1 amide bonds. The van der Waals surface area contributed by atoms with Gasteiger partial charge in [-0.05, 0) is 44.9 Å². The standard InChI is InChI=1S/C15H20BrNO3/c1-14(2,3)20-13(18)17-9-8-15(19,10-17)11-4-6-12(16)7-5-11/h4-7,19H,8-10H2,1-3H3. The van der Waals surface area contributed by atoms with Gasteiger partial charge < -0.3 is 14.7 Å². The van der Waals surface area contributed by atoms with Gasteiger partial charge in [0.2, 0.25) is 0 Å². The minimum absolute atomic E-state index is 0.267. The number of halogens is 1. The Morgan fingerprint density at radius 2 is 1.95 bits per heavy atom. The van der Waals surface area contributed by atoms with Crippen LogP contribution in [0.5, 0.6) is 0 Å². The largest absolute Gasteiger partial charge is 0.444 e. The van der Waals surface area contributed by atoms with Gasteiger partial charge >= 0.3 is 6.09 Å². The number of carbonyl (C=O) groups excluding carboxylic acids is 1. The molecule has 0 bridgehead atoms. The van der Waals surface area contributed by atoms with E-state index in [0.717, 1.165) is 10.0 Å². The maximum atomic E-state index is 12.0. The van der Waals surface area contributed by atoms with Crippen LogP contribution in [-0.4, -0.2) is 34.8 Å². The second-order valence-electron chi connectivity index (χ2n) is 6.19. The molecule has 0 radical (unpaired) electrons. The van der Waals surface area contributed by atoms with Crippen LogP contribution in [0.15, 0.2) is 28.7 Å². The van der Waals surface area contributed by atoms with Crippen LogP contribution in [0.2, 0.25) is 0 Å². The zero-order valence-corrected chi connectivity index (χ0v) is 13.6. The third-order valence-electron chi connectivity index (χ3n) is 3.28. The normalized spacial score (nSPS) is 22.9. The van der Waals surface area contributed by atoms with Gasteiger partial charge in [0.1, 0.15) is 11.2 Å². The van der Waals surface area contributed by atoms with Crippen LogP contribution in [0.3, 0.4) is 0 Å². The van der Waals surface area contributed by atoms with E-state index in [0.29, 0.717) is 13.0 Å². The molecule has 1 N–H and O–H groups in total. The van der Waals surface area contributed by atoms with E-state index in [1.54, 1.807) is 4.90 Å². The summed E-state index contributed by atoms with van der Waals surface area (Å²) >= 11 is 3.37. The van der Waals surface area contributed by atoms with E-state index < -0.39 is 11.2 Å². The zero-order valence-electron chi connectivity index (χ0n) is 12.0. The van der Waals surface area contributed by atoms with Gasteiger partial charge in [-0.3, -0.25) is 0 Å². The molecule has 1 aliphatic rings. The molecule has 0 saturated carbocycles. The van der Waals surface area contributed by atoms with E-state index in [4.69, 9.17) is 4.74 Å². The lowest BCUT2D eigenvalue weighted by atomic mass is 9.93. The molecular weight excluding hydrogens is 322 g/mol. The van der Waals surface area contributed by atoms with Crippen molar-refractivity contribution in [3.8, 4) is 0 Å². The smallest absolute Gasteiger partial charge is 0.410 e. The van der Waals surface area contributed by atoms with Crippen molar-refractivity contribution in [1.82, 2.24) is 4.90 Å². The number of nitrogens with zero attached hydrogens (tertiary/aromatic N) is 1. The lowest BCUT2D eigenvalue weighted by Gasteiger charge is -2.26. The summed E-state index contributed by atoms with van der Waals surface area (Å²) in [6.45, 7) is 6.27. The number of amides is 1. The molecule has 0 spiro atoms. The Balaban J connectivity index is 2.07. The number of hydrogen-bond donors (Lipinski definition) is 1. The summed E-state index contributed by atoms with van der Waals surface area (Å²) in [6.07, 6.45) is 0.152. The second-order valence-corrected chi connectivity index (χ2v) is 7.11. The topological polar surface area (TPSA) is 49.8 Å². The van der Waals surface area contributed by atoms with E-state index in [1.807, 2.05) is 45.0 Å². The van der Waals surface area contributed by atoms with Gasteiger partial charge in [0.15, 0.2) is 0 Å². The Morgan fingerprint density at radius 3 is 2.50 bits per heavy atom. The third-order valence-corrected chi connectivity index (χ3v) is 3.81. The lowest BCUT2D eigenvalue weighted by Crippen LogP contribution is -2.38. The van der Waals surface area contributed by atoms with Crippen molar-refractivity contribution in [1.29, 1.82) is 0 Å². The van der Waals surface area contributed by atoms with Gasteiger partial charge in [-0.15, -0.1) is 0 Å². The molecule has 4 nitrogen and oxygen atoms in total. The fourth-order valence-corrected chi connectivity index (χ4v) is 2.54. The number of hydrogen-bond acceptors (Lipinski definition) is 3. The monoisotopic (exact) mass is 341 g/mol. The Labute approximate surface area is 127 Å². The van der Waals surface area contributed by atoms with E-state index in [2.05, 4.69) is 15.9 Å². The Bertz CT molecular complexity index is 495. The van der Waals surface area contributed by atoms with E-state index in [1.165, 1.54) is 0 Å². The van der Waals surface area contributed by atoms with Gasteiger partial charge in [-0.1, -0.05) is 28.1 Å². The number of likely N-dealkylation sites (tertiary alicyclic amines) is 1. The minimum atomic E-state index is -0.988. The van der Waals surface area contributed by atoms with Crippen molar-refractivity contribution >= 4 is 22.0 Å². The molecule has 1 aromatic rings. The molecule has 20 heavy (non-hydrogen) atoms. The molecule has 1 unspecified atom stereocenters. The first-order valence-corrected chi connectivity index (χ1v) is 7.45. The number of aliphatic hydroxyl groups is 1. The Morgan fingerprint density at radius 1 is 1.35 bits per heavy atom. The molecule has 1 saturated heterocycles. The molecule has 0 aliphatic carbocycles. The predicted octanol–water partition coefficient (Wildman–Crippen LogP) is 3.28. The summed E-state index contributed by atoms with van der Waals surface area (Å²) in [4.78, 5) is 13.6. The lowest BCUT2D eigenvalue weighted by molar-refractivity contribution is 0.0140. The summed E-state index contributed by atoms with van der Waals surface area (Å²) in [6, 6.07) is 7.54. The average Bonchev–Trinajstić information content (AvgIpc) is 2.72. The van der Waals surface area contributed by atoms with Crippen molar-refractivity contribution in [2.45, 2.75) is 38.4 Å². The van der Waals surface area contributed by atoms with Crippen LogP contribution in [-0.2, 0) is 10.3 Å². The molecular formula is C15H20BrNO3. The maximum absolute atomic E-state index is 12.0. The first kappa shape index (κ1) is 15.3. The molecule has 2 rings (SSSR count). The van der Waals surface area contributed by atoms with Gasteiger partial charge in [0.05, 0.1) is 6.54 Å². The first-order chi connectivity index (χ1) is 9.20.